The smallest absolute Gasteiger partial charge is 0.274 e. The van der Waals surface area contributed by atoms with E-state index in [1.54, 1.807) is 9.47 Å². The SMILES string of the molecule is O=C(NCc1ccc(F)cc1F)c1c2n3c(c(OCc4ccccc4)c1=O)C(=O)N1CCCCC3(CC2O)C1. The maximum atomic E-state index is 14.2. The Morgan fingerprint density at radius 1 is 1.13 bits per heavy atom. The van der Waals surface area contributed by atoms with Crippen molar-refractivity contribution in [3.05, 3.63) is 98.5 Å². The van der Waals surface area contributed by atoms with Crippen LogP contribution in [0, 0.1) is 11.6 Å². The summed E-state index contributed by atoms with van der Waals surface area (Å²) in [6, 6.07) is 12.1. The highest BCUT2D eigenvalue weighted by molar-refractivity contribution is 6.01. The lowest BCUT2D eigenvalue weighted by Gasteiger charge is -2.42. The lowest BCUT2D eigenvalue weighted by atomic mass is 9.88. The van der Waals surface area contributed by atoms with Crippen molar-refractivity contribution in [1.82, 2.24) is 14.8 Å². The van der Waals surface area contributed by atoms with Crippen molar-refractivity contribution in [3.8, 4) is 5.75 Å². The first-order valence-corrected chi connectivity index (χ1v) is 13.0. The standard InChI is InChI=1S/C29H27F2N3O5/c30-19-9-8-18(20(31)12-19)14-32-27(37)22-23-21(35)13-29-10-4-5-11-33(16-29)28(38)24(34(23)29)26(25(22)36)39-15-17-6-2-1-3-7-17/h1-3,6-9,12,21,35H,4-5,10-11,13-16H2,(H,32,37). The molecule has 0 saturated carbocycles. The van der Waals surface area contributed by atoms with Gasteiger partial charge in [-0.3, -0.25) is 14.4 Å². The molecule has 2 unspecified atom stereocenters. The van der Waals surface area contributed by atoms with E-state index in [4.69, 9.17) is 4.74 Å². The molecule has 202 valence electrons. The first kappa shape index (κ1) is 25.2. The second kappa shape index (κ2) is 9.60. The number of nitrogens with one attached hydrogen (secondary N) is 1. The fourth-order valence-electron chi connectivity index (χ4n) is 6.17. The van der Waals surface area contributed by atoms with Gasteiger partial charge in [-0.2, -0.15) is 0 Å². The highest BCUT2D eigenvalue weighted by Gasteiger charge is 2.53. The van der Waals surface area contributed by atoms with Crippen LogP contribution in [0.3, 0.4) is 0 Å². The molecule has 39 heavy (non-hydrogen) atoms. The molecule has 2 amide bonds. The molecule has 10 heteroatoms. The first-order chi connectivity index (χ1) is 18.8. The van der Waals surface area contributed by atoms with Gasteiger partial charge < -0.3 is 24.6 Å². The van der Waals surface area contributed by atoms with Gasteiger partial charge in [0.25, 0.3) is 11.8 Å². The molecule has 6 rings (SSSR count). The van der Waals surface area contributed by atoms with Crippen LogP contribution >= 0.6 is 0 Å². The summed E-state index contributed by atoms with van der Waals surface area (Å²) < 4.78 is 35.2. The number of pyridine rings is 1. The number of carbonyl (C=O) groups is 2. The summed E-state index contributed by atoms with van der Waals surface area (Å²) in [4.78, 5) is 42.8. The number of hydrogen-bond donors (Lipinski definition) is 2. The van der Waals surface area contributed by atoms with Crippen molar-refractivity contribution in [2.24, 2.45) is 0 Å². The maximum Gasteiger partial charge on any atom is 0.274 e. The van der Waals surface area contributed by atoms with Crippen LogP contribution in [0.15, 0.2) is 53.3 Å². The molecular weight excluding hydrogens is 508 g/mol. The Morgan fingerprint density at radius 2 is 1.92 bits per heavy atom. The third-order valence-corrected chi connectivity index (χ3v) is 7.94. The number of fused-ring (bicyclic) bond motifs is 1. The molecular formula is C29H27F2N3O5. The third-order valence-electron chi connectivity index (χ3n) is 7.94. The zero-order valence-electron chi connectivity index (χ0n) is 21.1. The van der Waals surface area contributed by atoms with Gasteiger partial charge in [0, 0.05) is 37.7 Å². The molecule has 3 aliphatic rings. The van der Waals surface area contributed by atoms with Gasteiger partial charge in [0.1, 0.15) is 23.8 Å². The lowest BCUT2D eigenvalue weighted by molar-refractivity contribution is 0.0545. The van der Waals surface area contributed by atoms with Gasteiger partial charge in [-0.25, -0.2) is 8.78 Å². The van der Waals surface area contributed by atoms with E-state index in [0.717, 1.165) is 24.5 Å². The number of halogens is 2. The summed E-state index contributed by atoms with van der Waals surface area (Å²) in [5.41, 5.74) is -0.890. The topological polar surface area (TPSA) is 101 Å². The van der Waals surface area contributed by atoms with Gasteiger partial charge in [0.05, 0.1) is 17.3 Å². The first-order valence-electron chi connectivity index (χ1n) is 13.0. The van der Waals surface area contributed by atoms with E-state index in [9.17, 15) is 28.3 Å². The summed E-state index contributed by atoms with van der Waals surface area (Å²) in [6.07, 6.45) is 1.35. The normalized spacial score (nSPS) is 21.4. The van der Waals surface area contributed by atoms with Crippen molar-refractivity contribution in [2.45, 2.75) is 50.5 Å². The van der Waals surface area contributed by atoms with Crippen molar-refractivity contribution < 1.29 is 28.2 Å². The molecule has 3 aliphatic heterocycles. The zero-order valence-corrected chi connectivity index (χ0v) is 21.1. The lowest BCUT2D eigenvalue weighted by Crippen LogP contribution is -2.52. The van der Waals surface area contributed by atoms with E-state index in [0.29, 0.717) is 25.6 Å². The minimum Gasteiger partial charge on any atom is -0.483 e. The van der Waals surface area contributed by atoms with Crippen LogP contribution in [0.4, 0.5) is 8.78 Å². The monoisotopic (exact) mass is 535 g/mol. The van der Waals surface area contributed by atoms with Crippen LogP contribution < -0.4 is 15.5 Å². The Hall–Kier alpha value is -4.05. The average molecular weight is 536 g/mol. The van der Waals surface area contributed by atoms with Crippen molar-refractivity contribution >= 4 is 11.8 Å². The summed E-state index contributed by atoms with van der Waals surface area (Å²) in [5, 5.41) is 13.8. The summed E-state index contributed by atoms with van der Waals surface area (Å²) >= 11 is 0. The summed E-state index contributed by atoms with van der Waals surface area (Å²) in [7, 11) is 0. The Balaban J connectivity index is 1.48. The number of carbonyl (C=O) groups excluding carboxylic acids is 2. The molecule has 2 bridgehead atoms. The molecule has 1 spiro atoms. The van der Waals surface area contributed by atoms with E-state index >= 15 is 0 Å². The minimum absolute atomic E-state index is 0.00684. The Labute approximate surface area is 222 Å². The second-order valence-corrected chi connectivity index (χ2v) is 10.4. The van der Waals surface area contributed by atoms with E-state index in [1.807, 2.05) is 30.3 Å². The Kier molecular flexibility index (Phi) is 6.22. The number of aliphatic hydroxyl groups is 1. The van der Waals surface area contributed by atoms with Crippen molar-refractivity contribution in [1.29, 1.82) is 0 Å². The predicted octanol–water partition coefficient (Wildman–Crippen LogP) is 3.41. The van der Waals surface area contributed by atoms with E-state index in [2.05, 4.69) is 5.32 Å². The van der Waals surface area contributed by atoms with Crippen LogP contribution in [-0.2, 0) is 18.7 Å². The molecule has 0 radical (unpaired) electrons. The van der Waals surface area contributed by atoms with E-state index in [1.165, 1.54) is 6.07 Å². The fourth-order valence-corrected chi connectivity index (χ4v) is 6.17. The zero-order chi connectivity index (χ0) is 27.3. The number of benzene rings is 2. The second-order valence-electron chi connectivity index (χ2n) is 10.4. The van der Waals surface area contributed by atoms with Crippen LogP contribution in [0.1, 0.15) is 69.5 Å². The number of rotatable bonds is 6. The van der Waals surface area contributed by atoms with Gasteiger partial charge in [0.2, 0.25) is 5.43 Å². The fraction of sp³-hybridized carbons (Fsp3) is 0.345. The summed E-state index contributed by atoms with van der Waals surface area (Å²) in [5.74, 6) is -3.03. The van der Waals surface area contributed by atoms with Gasteiger partial charge in [-0.05, 0) is 30.9 Å². The predicted molar refractivity (Wildman–Crippen MR) is 136 cm³/mol. The molecule has 1 aromatic heterocycles. The maximum absolute atomic E-state index is 14.2. The summed E-state index contributed by atoms with van der Waals surface area (Å²) in [6.45, 7) is 0.586. The molecule has 2 aromatic carbocycles. The van der Waals surface area contributed by atoms with E-state index < -0.39 is 34.6 Å². The molecule has 1 saturated heterocycles. The molecule has 3 aromatic rings. The quantitative estimate of drug-likeness (QED) is 0.504. The van der Waals surface area contributed by atoms with Gasteiger partial charge in [-0.1, -0.05) is 36.4 Å². The minimum atomic E-state index is -1.16. The van der Waals surface area contributed by atoms with Gasteiger partial charge in [-0.15, -0.1) is 0 Å². The molecule has 8 nitrogen and oxygen atoms in total. The number of aliphatic hydroxyl groups excluding tert-OH is 1. The van der Waals surface area contributed by atoms with Crippen LogP contribution in [0.25, 0.3) is 0 Å². The Morgan fingerprint density at radius 3 is 2.69 bits per heavy atom. The highest BCUT2D eigenvalue weighted by atomic mass is 19.1. The number of nitrogens with zero attached hydrogens (tertiary/aromatic N) is 2. The van der Waals surface area contributed by atoms with Crippen LogP contribution in [-0.4, -0.2) is 39.5 Å². The van der Waals surface area contributed by atoms with Crippen molar-refractivity contribution in [3.63, 3.8) is 0 Å². The molecule has 0 aliphatic carbocycles. The van der Waals surface area contributed by atoms with Crippen LogP contribution in [0.2, 0.25) is 0 Å². The third kappa shape index (κ3) is 4.19. The van der Waals surface area contributed by atoms with Gasteiger partial charge >= 0.3 is 0 Å². The number of ether oxygens (including phenoxy) is 1. The van der Waals surface area contributed by atoms with E-state index in [-0.39, 0.29) is 53.7 Å². The number of aromatic nitrogens is 1. The van der Waals surface area contributed by atoms with Crippen LogP contribution in [0.5, 0.6) is 5.75 Å². The number of amides is 2. The van der Waals surface area contributed by atoms with Gasteiger partial charge in [0.15, 0.2) is 11.4 Å². The molecule has 4 heterocycles. The number of hydrogen-bond acceptors (Lipinski definition) is 5. The molecule has 2 N–H and O–H groups in total. The Bertz CT molecular complexity index is 1540. The average Bonchev–Trinajstić information content (AvgIpc) is 3.06. The molecule has 1 fully saturated rings. The highest BCUT2D eigenvalue weighted by Crippen LogP contribution is 2.49. The molecule has 2 atom stereocenters. The largest absolute Gasteiger partial charge is 0.483 e. The van der Waals surface area contributed by atoms with Crippen molar-refractivity contribution in [2.75, 3.05) is 13.1 Å².